The molecule has 0 aliphatic carbocycles. The second kappa shape index (κ2) is 13.5. The van der Waals surface area contributed by atoms with Crippen molar-refractivity contribution in [2.24, 2.45) is 0 Å². The van der Waals surface area contributed by atoms with Gasteiger partial charge < -0.3 is 10.6 Å². The van der Waals surface area contributed by atoms with Crippen molar-refractivity contribution in [1.29, 1.82) is 0 Å². The van der Waals surface area contributed by atoms with Gasteiger partial charge in [0.15, 0.2) is 0 Å². The van der Waals surface area contributed by atoms with Crippen LogP contribution >= 0.6 is 43.6 Å². The molecule has 4 aromatic rings. The predicted octanol–water partition coefficient (Wildman–Crippen LogP) is 7.18. The molecule has 5 rings (SSSR count). The number of halogens is 3. The number of thioether (sulfide) groups is 1. The quantitative estimate of drug-likeness (QED) is 0.148. The average Bonchev–Trinajstić information content (AvgIpc) is 3.27. The number of imide groups is 1. The van der Waals surface area contributed by atoms with Crippen molar-refractivity contribution in [2.45, 2.75) is 16.6 Å². The normalized spacial score (nSPS) is 15.0. The van der Waals surface area contributed by atoms with Crippen LogP contribution in [-0.4, -0.2) is 28.9 Å². The molecule has 0 bridgehead atoms. The number of nitrogens with zero attached hydrogens (tertiary/aromatic N) is 1. The summed E-state index contributed by atoms with van der Waals surface area (Å²) in [5.41, 5.74) is 1.11. The van der Waals surface area contributed by atoms with E-state index in [9.17, 15) is 23.6 Å². The summed E-state index contributed by atoms with van der Waals surface area (Å²) in [6.07, 6.45) is 1.29. The summed E-state index contributed by atoms with van der Waals surface area (Å²) in [6, 6.07) is 26.4. The van der Waals surface area contributed by atoms with E-state index in [1.165, 1.54) is 34.9 Å². The van der Waals surface area contributed by atoms with Gasteiger partial charge in [-0.05, 0) is 72.8 Å². The van der Waals surface area contributed by atoms with Gasteiger partial charge in [0.2, 0.25) is 11.8 Å². The molecule has 7 nitrogen and oxygen atoms in total. The zero-order chi connectivity index (χ0) is 30.5. The van der Waals surface area contributed by atoms with Crippen LogP contribution in [0.4, 0.5) is 15.8 Å². The summed E-state index contributed by atoms with van der Waals surface area (Å²) in [4.78, 5) is 54.0. The summed E-state index contributed by atoms with van der Waals surface area (Å²) in [6.45, 7) is 0. The Morgan fingerprint density at radius 1 is 0.907 bits per heavy atom. The molecule has 4 aromatic carbocycles. The third-order valence-corrected chi connectivity index (χ3v) is 8.78. The minimum absolute atomic E-state index is 0.0338. The molecule has 1 fully saturated rings. The zero-order valence-corrected chi connectivity index (χ0v) is 26.2. The molecule has 0 aromatic heterocycles. The lowest BCUT2D eigenvalue weighted by Crippen LogP contribution is -2.31. The zero-order valence-electron chi connectivity index (χ0n) is 22.2. The highest BCUT2D eigenvalue weighted by Gasteiger charge is 2.40. The second-order valence-electron chi connectivity index (χ2n) is 9.35. The van der Waals surface area contributed by atoms with Crippen molar-refractivity contribution >= 4 is 84.7 Å². The van der Waals surface area contributed by atoms with Crippen molar-refractivity contribution in [3.05, 3.63) is 129 Å². The molecule has 1 saturated heterocycles. The molecular formula is C32H22Br2FN3O4S. The fraction of sp³-hybridized carbons (Fsp3) is 0.0625. The SMILES string of the molecule is O=C(Nc1cccc(S[C@@H]2CC(=O)N(c3ccc(Br)cc3)C2=O)c1)/C(=C/c1c(F)cccc1Br)NC(=O)c1ccccc1. The summed E-state index contributed by atoms with van der Waals surface area (Å²) in [5, 5.41) is 4.70. The van der Waals surface area contributed by atoms with Gasteiger partial charge >= 0.3 is 0 Å². The maximum Gasteiger partial charge on any atom is 0.272 e. The Kier molecular flexibility index (Phi) is 9.54. The molecule has 0 spiro atoms. The first-order chi connectivity index (χ1) is 20.7. The maximum atomic E-state index is 14.6. The average molecular weight is 723 g/mol. The molecule has 43 heavy (non-hydrogen) atoms. The highest BCUT2D eigenvalue weighted by atomic mass is 79.9. The van der Waals surface area contributed by atoms with E-state index >= 15 is 0 Å². The fourth-order valence-electron chi connectivity index (χ4n) is 4.30. The molecule has 1 aliphatic rings. The van der Waals surface area contributed by atoms with E-state index in [0.29, 0.717) is 26.3 Å². The van der Waals surface area contributed by atoms with Gasteiger partial charge in [-0.15, -0.1) is 11.8 Å². The lowest BCUT2D eigenvalue weighted by molar-refractivity contribution is -0.121. The minimum atomic E-state index is -0.685. The van der Waals surface area contributed by atoms with Crippen molar-refractivity contribution in [1.82, 2.24) is 5.32 Å². The van der Waals surface area contributed by atoms with E-state index in [1.807, 2.05) is 0 Å². The predicted molar refractivity (Wildman–Crippen MR) is 172 cm³/mol. The Labute approximate surface area is 267 Å². The largest absolute Gasteiger partial charge is 0.321 e. The van der Waals surface area contributed by atoms with Gasteiger partial charge in [-0.2, -0.15) is 0 Å². The van der Waals surface area contributed by atoms with Crippen LogP contribution in [0.3, 0.4) is 0 Å². The van der Waals surface area contributed by atoms with Crippen LogP contribution in [0.1, 0.15) is 22.3 Å². The third-order valence-electron chi connectivity index (χ3n) is 6.38. The number of hydrogen-bond acceptors (Lipinski definition) is 5. The number of anilines is 2. The fourth-order valence-corrected chi connectivity index (χ4v) is 6.14. The minimum Gasteiger partial charge on any atom is -0.321 e. The number of rotatable bonds is 8. The van der Waals surface area contributed by atoms with E-state index < -0.39 is 22.9 Å². The Morgan fingerprint density at radius 3 is 2.35 bits per heavy atom. The molecule has 216 valence electrons. The molecule has 0 unspecified atom stereocenters. The van der Waals surface area contributed by atoms with Gasteiger partial charge in [0.1, 0.15) is 11.5 Å². The van der Waals surface area contributed by atoms with Crippen molar-refractivity contribution in [3.63, 3.8) is 0 Å². The van der Waals surface area contributed by atoms with E-state index in [-0.39, 0.29) is 29.5 Å². The summed E-state index contributed by atoms with van der Waals surface area (Å²) < 4.78 is 15.9. The lowest BCUT2D eigenvalue weighted by Gasteiger charge is -2.15. The molecule has 0 saturated carbocycles. The van der Waals surface area contributed by atoms with Crippen LogP contribution in [-0.2, 0) is 14.4 Å². The van der Waals surface area contributed by atoms with Gasteiger partial charge in [-0.3, -0.25) is 19.2 Å². The molecular weight excluding hydrogens is 701 g/mol. The van der Waals surface area contributed by atoms with Crippen molar-refractivity contribution < 1.29 is 23.6 Å². The van der Waals surface area contributed by atoms with Crippen LogP contribution in [0.2, 0.25) is 0 Å². The Morgan fingerprint density at radius 2 is 1.63 bits per heavy atom. The van der Waals surface area contributed by atoms with Gasteiger partial charge in [-0.1, -0.05) is 62.2 Å². The number of nitrogens with one attached hydrogen (secondary N) is 2. The number of carbonyl (C=O) groups is 4. The summed E-state index contributed by atoms with van der Waals surface area (Å²) >= 11 is 7.86. The third kappa shape index (κ3) is 7.30. The van der Waals surface area contributed by atoms with Crippen LogP contribution in [0, 0.1) is 5.82 Å². The monoisotopic (exact) mass is 721 g/mol. The van der Waals surface area contributed by atoms with Crippen LogP contribution in [0.5, 0.6) is 0 Å². The molecule has 1 aliphatic heterocycles. The lowest BCUT2D eigenvalue weighted by atomic mass is 10.1. The van der Waals surface area contributed by atoms with Crippen molar-refractivity contribution in [3.8, 4) is 0 Å². The molecule has 1 heterocycles. The van der Waals surface area contributed by atoms with Gasteiger partial charge in [0.05, 0.1) is 10.9 Å². The van der Waals surface area contributed by atoms with Gasteiger partial charge in [-0.25, -0.2) is 9.29 Å². The topological polar surface area (TPSA) is 95.6 Å². The summed E-state index contributed by atoms with van der Waals surface area (Å²) in [7, 11) is 0. The second-order valence-corrected chi connectivity index (χ2v) is 12.4. The summed E-state index contributed by atoms with van der Waals surface area (Å²) in [5.74, 6) is -2.43. The Balaban J connectivity index is 1.35. The van der Waals surface area contributed by atoms with Crippen LogP contribution in [0.15, 0.2) is 117 Å². The first-order valence-electron chi connectivity index (χ1n) is 12.9. The Hall–Kier alpha value is -4.06. The van der Waals surface area contributed by atoms with Crippen LogP contribution < -0.4 is 15.5 Å². The number of carbonyl (C=O) groups excluding carboxylic acids is 4. The first kappa shape index (κ1) is 30.4. The first-order valence-corrected chi connectivity index (χ1v) is 15.4. The number of amides is 4. The smallest absolute Gasteiger partial charge is 0.272 e. The van der Waals surface area contributed by atoms with Crippen molar-refractivity contribution in [2.75, 3.05) is 10.2 Å². The van der Waals surface area contributed by atoms with E-state index in [4.69, 9.17) is 0 Å². The van der Waals surface area contributed by atoms with Gasteiger partial charge in [0, 0.05) is 37.1 Å². The molecule has 2 N–H and O–H groups in total. The molecule has 0 radical (unpaired) electrons. The maximum absolute atomic E-state index is 14.6. The number of benzene rings is 4. The number of hydrogen-bond donors (Lipinski definition) is 2. The highest BCUT2D eigenvalue weighted by Crippen LogP contribution is 2.35. The van der Waals surface area contributed by atoms with E-state index in [2.05, 4.69) is 42.5 Å². The molecule has 4 amide bonds. The van der Waals surface area contributed by atoms with E-state index in [0.717, 1.165) is 4.47 Å². The van der Waals surface area contributed by atoms with Crippen LogP contribution in [0.25, 0.3) is 6.08 Å². The van der Waals surface area contributed by atoms with Gasteiger partial charge in [0.25, 0.3) is 11.8 Å². The molecule has 1 atom stereocenters. The Bertz CT molecular complexity index is 1730. The standard InChI is InChI=1S/C32H22Br2FN3O4S/c33-20-12-14-22(15-13-20)38-29(39)18-28(32(38)42)43-23-9-4-8-21(16-23)36-31(41)27(17-24-25(34)10-5-11-26(24)35)37-30(40)19-6-2-1-3-7-19/h1-17,28H,18H2,(H,36,41)(H,37,40)/b27-17-/t28-/m1/s1. The highest BCUT2D eigenvalue weighted by molar-refractivity contribution is 9.10. The van der Waals surface area contributed by atoms with E-state index in [1.54, 1.807) is 84.9 Å². The molecule has 11 heteroatoms.